The summed E-state index contributed by atoms with van der Waals surface area (Å²) < 4.78 is 0. The minimum atomic E-state index is -0.389. The fourth-order valence-corrected chi connectivity index (χ4v) is 9.86. The molecule has 0 bridgehead atoms. The Morgan fingerprint density at radius 1 is 0.812 bits per heavy atom. The van der Waals surface area contributed by atoms with Gasteiger partial charge in [-0.05, 0) is 116 Å². The summed E-state index contributed by atoms with van der Waals surface area (Å²) in [5.41, 5.74) is 1.03. The van der Waals surface area contributed by atoms with Crippen molar-refractivity contribution in [1.82, 2.24) is 0 Å². The summed E-state index contributed by atoms with van der Waals surface area (Å²) in [6, 6.07) is 4.59. The van der Waals surface area contributed by atoms with Crippen LogP contribution in [0.25, 0.3) is 0 Å². The van der Waals surface area contributed by atoms with Crippen LogP contribution in [0.5, 0.6) is 0 Å². The molecule has 0 spiro atoms. The third kappa shape index (κ3) is 4.04. The van der Waals surface area contributed by atoms with Crippen LogP contribution in [0.4, 0.5) is 0 Å². The molecule has 0 saturated heterocycles. The van der Waals surface area contributed by atoms with E-state index in [1.54, 1.807) is 0 Å². The normalized spacial score (nSPS) is 44.3. The Morgan fingerprint density at radius 2 is 1.50 bits per heavy atom. The molecule has 0 amide bonds. The van der Waals surface area contributed by atoms with E-state index < -0.39 is 0 Å². The monoisotopic (exact) mass is 436 g/mol. The van der Waals surface area contributed by atoms with Crippen molar-refractivity contribution in [3.05, 3.63) is 0 Å². The molecule has 0 aromatic rings. The fraction of sp³-hybridized carbons (Fsp3) is 0.933. The Bertz CT molecular complexity index is 729. The van der Waals surface area contributed by atoms with E-state index in [1.807, 2.05) is 0 Å². The highest BCUT2D eigenvalue weighted by Gasteiger charge is 2.60. The molecule has 0 aromatic carbocycles. The molecular weight excluding hydrogens is 388 g/mol. The maximum atomic E-state index is 9.44. The second kappa shape index (κ2) is 9.32. The molecular formula is C30H48N2. The van der Waals surface area contributed by atoms with Crippen molar-refractivity contribution in [3.8, 4) is 12.1 Å². The summed E-state index contributed by atoms with van der Waals surface area (Å²) in [5, 5.41) is 18.9. The minimum Gasteiger partial charge on any atom is -0.197 e. The molecule has 0 N–H and O–H groups in total. The van der Waals surface area contributed by atoms with Gasteiger partial charge in [0.05, 0.1) is 12.1 Å². The number of hydrogen-bond acceptors (Lipinski definition) is 2. The van der Waals surface area contributed by atoms with Crippen molar-refractivity contribution >= 4 is 0 Å². The highest BCUT2D eigenvalue weighted by molar-refractivity contribution is 5.11. The van der Waals surface area contributed by atoms with E-state index in [2.05, 4.69) is 46.8 Å². The van der Waals surface area contributed by atoms with E-state index >= 15 is 0 Å². The van der Waals surface area contributed by atoms with E-state index in [1.165, 1.54) is 64.2 Å². The predicted molar refractivity (Wildman–Crippen MR) is 131 cm³/mol. The van der Waals surface area contributed by atoms with E-state index in [0.717, 1.165) is 54.3 Å². The molecule has 0 aromatic heterocycles. The number of hydrogen-bond donors (Lipinski definition) is 0. The molecule has 178 valence electrons. The molecule has 4 rings (SSSR count). The van der Waals surface area contributed by atoms with E-state index in [4.69, 9.17) is 0 Å². The molecule has 2 heteroatoms. The van der Waals surface area contributed by atoms with Crippen molar-refractivity contribution < 1.29 is 0 Å². The Hall–Kier alpha value is -1.02. The van der Waals surface area contributed by atoms with Gasteiger partial charge in [0.2, 0.25) is 0 Å². The zero-order valence-electron chi connectivity index (χ0n) is 21.6. The van der Waals surface area contributed by atoms with Gasteiger partial charge in [-0.15, -0.1) is 0 Å². The van der Waals surface area contributed by atoms with E-state index in [9.17, 15) is 10.5 Å². The fourth-order valence-electron chi connectivity index (χ4n) is 9.86. The highest BCUT2D eigenvalue weighted by Crippen LogP contribution is 2.68. The molecule has 32 heavy (non-hydrogen) atoms. The Kier molecular flexibility index (Phi) is 7.02. The highest BCUT2D eigenvalue weighted by atomic mass is 14.7. The maximum Gasteiger partial charge on any atom is 0.136 e. The largest absolute Gasteiger partial charge is 0.197 e. The smallest absolute Gasteiger partial charge is 0.136 e. The van der Waals surface area contributed by atoms with Gasteiger partial charge in [-0.2, -0.15) is 10.5 Å². The van der Waals surface area contributed by atoms with E-state index in [0.29, 0.717) is 16.7 Å². The zero-order chi connectivity index (χ0) is 23.1. The molecule has 0 radical (unpaired) electrons. The lowest BCUT2D eigenvalue weighted by atomic mass is 9.43. The van der Waals surface area contributed by atoms with Crippen LogP contribution in [0, 0.1) is 86.8 Å². The van der Waals surface area contributed by atoms with Gasteiger partial charge in [0.1, 0.15) is 5.92 Å². The Balaban J connectivity index is 1.45. The lowest BCUT2D eigenvalue weighted by Gasteiger charge is -2.61. The number of rotatable bonds is 6. The van der Waals surface area contributed by atoms with Crippen LogP contribution in [0.1, 0.15) is 112 Å². The first-order valence-corrected chi connectivity index (χ1v) is 14.0. The standard InChI is InChI=1S/C30H48N2/c1-20(2)7-6-8-21(3)26-11-12-27-25-10-9-24-17-22(23(18-31)19-32)13-15-29(24,4)28(25)14-16-30(26,27)5/h20-28H,6-17H2,1-5H3/t21-,22+,24+,25-,26+,27+,28-,29+,30-/m1/s1. The summed E-state index contributed by atoms with van der Waals surface area (Å²) >= 11 is 0. The predicted octanol–water partition coefficient (Wildman–Crippen LogP) is 8.39. The van der Waals surface area contributed by atoms with Crippen molar-refractivity contribution in [2.24, 2.45) is 64.1 Å². The minimum absolute atomic E-state index is 0.316. The second-order valence-corrected chi connectivity index (χ2v) is 13.5. The van der Waals surface area contributed by atoms with Crippen molar-refractivity contribution in [3.63, 3.8) is 0 Å². The third-order valence-electron chi connectivity index (χ3n) is 11.7. The van der Waals surface area contributed by atoms with Crippen molar-refractivity contribution in [1.29, 1.82) is 10.5 Å². The summed E-state index contributed by atoms with van der Waals surface area (Å²) in [7, 11) is 0. The molecule has 4 aliphatic carbocycles. The number of nitriles is 2. The van der Waals surface area contributed by atoms with Crippen LogP contribution in [-0.2, 0) is 0 Å². The Labute approximate surface area is 198 Å². The van der Waals surface area contributed by atoms with Crippen LogP contribution in [-0.4, -0.2) is 0 Å². The van der Waals surface area contributed by atoms with Gasteiger partial charge in [0.15, 0.2) is 0 Å². The summed E-state index contributed by atoms with van der Waals surface area (Å²) in [6.07, 6.45) is 16.3. The van der Waals surface area contributed by atoms with Gasteiger partial charge in [-0.25, -0.2) is 0 Å². The number of fused-ring (bicyclic) bond motifs is 5. The van der Waals surface area contributed by atoms with Gasteiger partial charge in [-0.3, -0.25) is 0 Å². The lowest BCUT2D eigenvalue weighted by molar-refractivity contribution is -0.122. The maximum absolute atomic E-state index is 9.44. The van der Waals surface area contributed by atoms with Crippen molar-refractivity contribution in [2.75, 3.05) is 0 Å². The average Bonchev–Trinajstić information content (AvgIpc) is 3.11. The topological polar surface area (TPSA) is 47.6 Å². The quantitative estimate of drug-likeness (QED) is 0.419. The van der Waals surface area contributed by atoms with Gasteiger partial charge in [0.25, 0.3) is 0 Å². The van der Waals surface area contributed by atoms with Gasteiger partial charge in [0, 0.05) is 0 Å². The molecule has 4 saturated carbocycles. The van der Waals surface area contributed by atoms with Crippen LogP contribution < -0.4 is 0 Å². The number of nitrogens with zero attached hydrogens (tertiary/aromatic N) is 2. The molecule has 0 unspecified atom stereocenters. The molecule has 9 atom stereocenters. The zero-order valence-corrected chi connectivity index (χ0v) is 21.6. The molecule has 0 heterocycles. The van der Waals surface area contributed by atoms with Crippen molar-refractivity contribution in [2.45, 2.75) is 112 Å². The van der Waals surface area contributed by atoms with Crippen LogP contribution in [0.3, 0.4) is 0 Å². The second-order valence-electron chi connectivity index (χ2n) is 13.5. The Morgan fingerprint density at radius 3 is 2.19 bits per heavy atom. The average molecular weight is 437 g/mol. The van der Waals surface area contributed by atoms with Gasteiger partial charge < -0.3 is 0 Å². The summed E-state index contributed by atoms with van der Waals surface area (Å²) in [5.74, 6) is 6.09. The van der Waals surface area contributed by atoms with Crippen LogP contribution in [0.2, 0.25) is 0 Å². The SMILES string of the molecule is CC(C)CCC[C@@H](C)[C@@H]1CC[C@H]2[C@H]3CC[C@H]4C[C@@H](C(C#N)C#N)CC[C@]4(C)[C@@H]3CC[C@@]21C. The first kappa shape index (κ1) is 24.1. The summed E-state index contributed by atoms with van der Waals surface area (Å²) in [6.45, 7) is 12.6. The third-order valence-corrected chi connectivity index (χ3v) is 11.7. The van der Waals surface area contributed by atoms with Gasteiger partial charge in [-0.1, -0.05) is 53.9 Å². The molecule has 0 aliphatic heterocycles. The van der Waals surface area contributed by atoms with E-state index in [-0.39, 0.29) is 5.92 Å². The van der Waals surface area contributed by atoms with Crippen LogP contribution in [0.15, 0.2) is 0 Å². The molecule has 4 aliphatic rings. The first-order valence-electron chi connectivity index (χ1n) is 14.0. The lowest BCUT2D eigenvalue weighted by Crippen LogP contribution is -2.54. The summed E-state index contributed by atoms with van der Waals surface area (Å²) in [4.78, 5) is 0. The molecule has 2 nitrogen and oxygen atoms in total. The first-order chi connectivity index (χ1) is 15.2. The molecule has 4 fully saturated rings. The van der Waals surface area contributed by atoms with Gasteiger partial charge >= 0.3 is 0 Å². The van der Waals surface area contributed by atoms with Crippen LogP contribution >= 0.6 is 0 Å².